The lowest BCUT2D eigenvalue weighted by atomic mass is 9.98. The van der Waals surface area contributed by atoms with Gasteiger partial charge in [-0.25, -0.2) is 0 Å². The Morgan fingerprint density at radius 1 is 1.15 bits per heavy atom. The van der Waals surface area contributed by atoms with Crippen molar-refractivity contribution in [1.82, 2.24) is 9.88 Å². The van der Waals surface area contributed by atoms with Crippen LogP contribution in [-0.4, -0.2) is 29.0 Å². The van der Waals surface area contributed by atoms with Gasteiger partial charge in [0.2, 0.25) is 0 Å². The van der Waals surface area contributed by atoms with Crippen molar-refractivity contribution in [3.8, 4) is 0 Å². The van der Waals surface area contributed by atoms with E-state index >= 15 is 0 Å². The van der Waals surface area contributed by atoms with Crippen molar-refractivity contribution in [2.24, 2.45) is 17.6 Å². The molecule has 3 nitrogen and oxygen atoms in total. The van der Waals surface area contributed by atoms with Crippen LogP contribution in [0, 0.1) is 11.8 Å². The van der Waals surface area contributed by atoms with E-state index < -0.39 is 0 Å². The van der Waals surface area contributed by atoms with E-state index in [4.69, 9.17) is 5.73 Å². The van der Waals surface area contributed by atoms with Crippen molar-refractivity contribution in [2.45, 2.75) is 25.4 Å². The molecular formula is C17H21N3. The predicted octanol–water partition coefficient (Wildman–Crippen LogP) is 2.40. The number of benzene rings is 1. The highest BCUT2D eigenvalue weighted by atomic mass is 15.2. The van der Waals surface area contributed by atoms with Crippen LogP contribution in [0.5, 0.6) is 0 Å². The molecule has 1 aliphatic heterocycles. The third-order valence-corrected chi connectivity index (χ3v) is 5.10. The standard InChI is InChI=1S/C17H21N3/c18-16-7-6-13-9-20(11-15(13)16)10-14-4-1-3-12-5-2-8-19-17(12)14/h1-5,8,13,15-16H,6-7,9-11,18H2. The highest BCUT2D eigenvalue weighted by molar-refractivity contribution is 5.81. The van der Waals surface area contributed by atoms with Crippen molar-refractivity contribution >= 4 is 10.9 Å². The van der Waals surface area contributed by atoms with Crippen LogP contribution in [0.4, 0.5) is 0 Å². The van der Waals surface area contributed by atoms with E-state index in [1.165, 1.54) is 30.3 Å². The number of para-hydroxylation sites is 1. The molecule has 3 heteroatoms. The molecule has 3 unspecified atom stereocenters. The lowest BCUT2D eigenvalue weighted by molar-refractivity contribution is 0.299. The third kappa shape index (κ3) is 2.02. The molecule has 2 fully saturated rings. The third-order valence-electron chi connectivity index (χ3n) is 5.10. The second-order valence-corrected chi connectivity index (χ2v) is 6.35. The van der Waals surface area contributed by atoms with Crippen LogP contribution in [0.25, 0.3) is 10.9 Å². The maximum Gasteiger partial charge on any atom is 0.0746 e. The van der Waals surface area contributed by atoms with Crippen molar-refractivity contribution < 1.29 is 0 Å². The Morgan fingerprint density at radius 2 is 2.05 bits per heavy atom. The Balaban J connectivity index is 1.57. The topological polar surface area (TPSA) is 42.1 Å². The highest BCUT2D eigenvalue weighted by Gasteiger charge is 2.40. The molecule has 1 aromatic carbocycles. The average Bonchev–Trinajstić information content (AvgIpc) is 3.02. The molecule has 0 amide bonds. The minimum atomic E-state index is 0.427. The monoisotopic (exact) mass is 267 g/mol. The molecule has 0 radical (unpaired) electrons. The number of likely N-dealkylation sites (tertiary alicyclic amines) is 1. The van der Waals surface area contributed by atoms with E-state index in [2.05, 4.69) is 34.1 Å². The summed E-state index contributed by atoms with van der Waals surface area (Å²) in [5.41, 5.74) is 8.72. The van der Waals surface area contributed by atoms with Crippen LogP contribution < -0.4 is 5.73 Å². The lowest BCUT2D eigenvalue weighted by Gasteiger charge is -2.19. The van der Waals surface area contributed by atoms with Gasteiger partial charge in [0.1, 0.15) is 0 Å². The van der Waals surface area contributed by atoms with Crippen LogP contribution in [-0.2, 0) is 6.54 Å². The number of aromatic nitrogens is 1. The summed E-state index contributed by atoms with van der Waals surface area (Å²) in [5, 5.41) is 1.24. The van der Waals surface area contributed by atoms with Gasteiger partial charge < -0.3 is 5.73 Å². The van der Waals surface area contributed by atoms with Gasteiger partial charge in [0.25, 0.3) is 0 Å². The first-order valence-electron chi connectivity index (χ1n) is 7.62. The Morgan fingerprint density at radius 3 is 2.95 bits per heavy atom. The number of hydrogen-bond acceptors (Lipinski definition) is 3. The minimum absolute atomic E-state index is 0.427. The zero-order chi connectivity index (χ0) is 13.5. The van der Waals surface area contributed by atoms with E-state index in [1.54, 1.807) is 0 Å². The molecule has 1 saturated heterocycles. The summed E-state index contributed by atoms with van der Waals surface area (Å²) in [6.45, 7) is 3.38. The van der Waals surface area contributed by atoms with Crippen molar-refractivity contribution in [3.05, 3.63) is 42.1 Å². The van der Waals surface area contributed by atoms with E-state index in [0.717, 1.165) is 30.4 Å². The summed E-state index contributed by atoms with van der Waals surface area (Å²) in [4.78, 5) is 7.13. The van der Waals surface area contributed by atoms with Crippen LogP contribution in [0.2, 0.25) is 0 Å². The minimum Gasteiger partial charge on any atom is -0.327 e. The largest absolute Gasteiger partial charge is 0.327 e. The smallest absolute Gasteiger partial charge is 0.0746 e. The quantitative estimate of drug-likeness (QED) is 0.908. The van der Waals surface area contributed by atoms with Crippen LogP contribution in [0.3, 0.4) is 0 Å². The first kappa shape index (κ1) is 12.3. The van der Waals surface area contributed by atoms with Crippen LogP contribution in [0.1, 0.15) is 18.4 Å². The molecule has 20 heavy (non-hydrogen) atoms. The Hall–Kier alpha value is -1.45. The van der Waals surface area contributed by atoms with E-state index in [0.29, 0.717) is 6.04 Å². The molecule has 3 atom stereocenters. The van der Waals surface area contributed by atoms with Gasteiger partial charge in [-0.2, -0.15) is 0 Å². The summed E-state index contributed by atoms with van der Waals surface area (Å²) in [6, 6.07) is 11.1. The molecule has 2 aliphatic rings. The second kappa shape index (κ2) is 4.83. The van der Waals surface area contributed by atoms with Crippen molar-refractivity contribution in [3.63, 3.8) is 0 Å². The van der Waals surface area contributed by atoms with Crippen molar-refractivity contribution in [1.29, 1.82) is 0 Å². The molecule has 1 aliphatic carbocycles. The van der Waals surface area contributed by atoms with Gasteiger partial charge in [-0.05, 0) is 36.3 Å². The summed E-state index contributed by atoms with van der Waals surface area (Å²) in [7, 11) is 0. The average molecular weight is 267 g/mol. The molecule has 104 valence electrons. The van der Waals surface area contributed by atoms with Gasteiger partial charge in [-0.3, -0.25) is 9.88 Å². The van der Waals surface area contributed by atoms with Gasteiger partial charge >= 0.3 is 0 Å². The summed E-state index contributed by atoms with van der Waals surface area (Å²) in [5.74, 6) is 1.55. The number of nitrogens with zero attached hydrogens (tertiary/aromatic N) is 2. The van der Waals surface area contributed by atoms with Gasteiger partial charge in [0.05, 0.1) is 5.52 Å². The lowest BCUT2D eigenvalue weighted by Crippen LogP contribution is -2.30. The predicted molar refractivity (Wildman–Crippen MR) is 81.2 cm³/mol. The van der Waals surface area contributed by atoms with Gasteiger partial charge in [0, 0.05) is 37.3 Å². The van der Waals surface area contributed by atoms with E-state index in [1.807, 2.05) is 12.3 Å². The summed E-state index contributed by atoms with van der Waals surface area (Å²) < 4.78 is 0. The maximum atomic E-state index is 6.23. The fourth-order valence-electron chi connectivity index (χ4n) is 4.06. The van der Waals surface area contributed by atoms with Crippen molar-refractivity contribution in [2.75, 3.05) is 13.1 Å². The number of rotatable bonds is 2. The van der Waals surface area contributed by atoms with E-state index in [-0.39, 0.29) is 0 Å². The van der Waals surface area contributed by atoms with E-state index in [9.17, 15) is 0 Å². The Labute approximate surface area is 119 Å². The molecule has 0 bridgehead atoms. The molecule has 2 N–H and O–H groups in total. The highest BCUT2D eigenvalue weighted by Crippen LogP contribution is 2.37. The molecule has 0 spiro atoms. The fourth-order valence-corrected chi connectivity index (χ4v) is 4.06. The molecule has 2 heterocycles. The number of pyridine rings is 1. The SMILES string of the molecule is NC1CCC2CN(Cc3cccc4cccnc34)CC12. The van der Waals surface area contributed by atoms with Crippen LogP contribution in [0.15, 0.2) is 36.5 Å². The molecule has 2 aromatic rings. The number of hydrogen-bond donors (Lipinski definition) is 1. The zero-order valence-corrected chi connectivity index (χ0v) is 11.7. The molecular weight excluding hydrogens is 246 g/mol. The molecule has 4 rings (SSSR count). The van der Waals surface area contributed by atoms with Gasteiger partial charge in [0.15, 0.2) is 0 Å². The number of nitrogens with two attached hydrogens (primary N) is 1. The summed E-state index contributed by atoms with van der Waals surface area (Å²) in [6.07, 6.45) is 4.43. The van der Waals surface area contributed by atoms with Gasteiger partial charge in [-0.15, -0.1) is 0 Å². The molecule has 1 aromatic heterocycles. The first-order valence-corrected chi connectivity index (χ1v) is 7.62. The number of fused-ring (bicyclic) bond motifs is 2. The molecule has 1 saturated carbocycles. The van der Waals surface area contributed by atoms with Gasteiger partial charge in [-0.1, -0.05) is 24.3 Å². The summed E-state index contributed by atoms with van der Waals surface area (Å²) >= 11 is 0. The second-order valence-electron chi connectivity index (χ2n) is 6.35. The fraction of sp³-hybridized carbons (Fsp3) is 0.471. The Bertz CT molecular complexity index is 619. The normalized spacial score (nSPS) is 29.9. The first-order chi connectivity index (χ1) is 9.81. The zero-order valence-electron chi connectivity index (χ0n) is 11.7. The Kier molecular flexibility index (Phi) is 2.97. The maximum absolute atomic E-state index is 6.23. The van der Waals surface area contributed by atoms with Crippen LogP contribution >= 0.6 is 0 Å².